The summed E-state index contributed by atoms with van der Waals surface area (Å²) in [5, 5.41) is 11.2. The standard InChI is InChI=1S/C16H17ClN2O4S/c1-3-12-4-6-13(7-5-12)11-18(2)24(22,23)16-9-8-14(17)10-15(16)19(20)21/h4-10H,3,11H2,1-2H3. The summed E-state index contributed by atoms with van der Waals surface area (Å²) < 4.78 is 26.4. The lowest BCUT2D eigenvalue weighted by molar-refractivity contribution is -0.387. The van der Waals surface area contributed by atoms with Gasteiger partial charge in [0.2, 0.25) is 10.0 Å². The first kappa shape index (κ1) is 18.4. The molecule has 0 fully saturated rings. The molecule has 2 aromatic carbocycles. The van der Waals surface area contributed by atoms with Crippen molar-refractivity contribution in [2.75, 3.05) is 7.05 Å². The summed E-state index contributed by atoms with van der Waals surface area (Å²) in [5.74, 6) is 0. The zero-order valence-corrected chi connectivity index (χ0v) is 14.8. The molecule has 128 valence electrons. The van der Waals surface area contributed by atoms with Crippen molar-refractivity contribution in [2.24, 2.45) is 0 Å². The maximum atomic E-state index is 12.7. The number of halogens is 1. The fourth-order valence-electron chi connectivity index (χ4n) is 2.24. The van der Waals surface area contributed by atoms with E-state index in [4.69, 9.17) is 11.6 Å². The van der Waals surface area contributed by atoms with E-state index >= 15 is 0 Å². The van der Waals surface area contributed by atoms with E-state index in [9.17, 15) is 18.5 Å². The number of rotatable bonds is 6. The van der Waals surface area contributed by atoms with Gasteiger partial charge in [-0.05, 0) is 29.7 Å². The van der Waals surface area contributed by atoms with Crippen molar-refractivity contribution in [2.45, 2.75) is 24.8 Å². The lowest BCUT2D eigenvalue weighted by Gasteiger charge is -2.17. The van der Waals surface area contributed by atoms with Crippen LogP contribution in [0.3, 0.4) is 0 Å². The van der Waals surface area contributed by atoms with E-state index < -0.39 is 20.6 Å². The number of hydrogen-bond acceptors (Lipinski definition) is 4. The predicted molar refractivity (Wildman–Crippen MR) is 92.6 cm³/mol. The van der Waals surface area contributed by atoms with Crippen molar-refractivity contribution in [3.8, 4) is 0 Å². The molecule has 0 N–H and O–H groups in total. The molecule has 2 aromatic rings. The van der Waals surface area contributed by atoms with Gasteiger partial charge in [-0.25, -0.2) is 8.42 Å². The molecule has 0 unspecified atom stereocenters. The topological polar surface area (TPSA) is 80.5 Å². The molecule has 2 rings (SSSR count). The van der Waals surface area contributed by atoms with Gasteiger partial charge in [-0.1, -0.05) is 42.8 Å². The minimum Gasteiger partial charge on any atom is -0.258 e. The van der Waals surface area contributed by atoms with Crippen molar-refractivity contribution in [1.29, 1.82) is 0 Å². The Labute approximate surface area is 145 Å². The number of sulfonamides is 1. The van der Waals surface area contributed by atoms with Crippen molar-refractivity contribution >= 4 is 27.3 Å². The van der Waals surface area contributed by atoms with Crippen LogP contribution in [0.25, 0.3) is 0 Å². The zero-order valence-electron chi connectivity index (χ0n) is 13.3. The highest BCUT2D eigenvalue weighted by molar-refractivity contribution is 7.89. The molecule has 0 radical (unpaired) electrons. The van der Waals surface area contributed by atoms with Crippen LogP contribution < -0.4 is 0 Å². The molecule has 0 atom stereocenters. The third kappa shape index (κ3) is 3.92. The number of aryl methyl sites for hydroxylation is 1. The molecular formula is C16H17ClN2O4S. The van der Waals surface area contributed by atoms with Gasteiger partial charge in [-0.15, -0.1) is 0 Å². The minimum absolute atomic E-state index is 0.110. The van der Waals surface area contributed by atoms with E-state index in [1.165, 1.54) is 13.1 Å². The van der Waals surface area contributed by atoms with Crippen LogP contribution in [0.5, 0.6) is 0 Å². The Hall–Kier alpha value is -1.96. The van der Waals surface area contributed by atoms with E-state index in [1.807, 2.05) is 31.2 Å². The van der Waals surface area contributed by atoms with Crippen LogP contribution in [-0.2, 0) is 23.0 Å². The van der Waals surface area contributed by atoms with E-state index in [2.05, 4.69) is 0 Å². The highest BCUT2D eigenvalue weighted by atomic mass is 35.5. The fourth-order valence-corrected chi connectivity index (χ4v) is 3.70. The summed E-state index contributed by atoms with van der Waals surface area (Å²) in [7, 11) is -2.62. The van der Waals surface area contributed by atoms with E-state index in [1.54, 1.807) is 0 Å². The lowest BCUT2D eigenvalue weighted by atomic mass is 10.1. The smallest absolute Gasteiger partial charge is 0.258 e. The van der Waals surface area contributed by atoms with Crippen LogP contribution in [0.2, 0.25) is 5.02 Å². The summed E-state index contributed by atoms with van der Waals surface area (Å²) in [5.41, 5.74) is 1.42. The number of benzene rings is 2. The molecule has 0 amide bonds. The highest BCUT2D eigenvalue weighted by Gasteiger charge is 2.29. The number of hydrogen-bond donors (Lipinski definition) is 0. The van der Waals surface area contributed by atoms with Gasteiger partial charge in [0, 0.05) is 24.7 Å². The fraction of sp³-hybridized carbons (Fsp3) is 0.250. The normalized spacial score (nSPS) is 11.7. The molecule has 0 heterocycles. The van der Waals surface area contributed by atoms with Crippen molar-refractivity contribution in [1.82, 2.24) is 4.31 Å². The van der Waals surface area contributed by atoms with Crippen LogP contribution in [0.15, 0.2) is 47.4 Å². The molecule has 0 spiro atoms. The largest absolute Gasteiger partial charge is 0.290 e. The second kappa shape index (κ2) is 7.29. The molecule has 0 bridgehead atoms. The molecule has 6 nitrogen and oxygen atoms in total. The maximum Gasteiger partial charge on any atom is 0.290 e. The molecule has 8 heteroatoms. The Balaban J connectivity index is 2.33. The first-order valence-electron chi connectivity index (χ1n) is 7.23. The monoisotopic (exact) mass is 368 g/mol. The van der Waals surface area contributed by atoms with Crippen LogP contribution in [0.4, 0.5) is 5.69 Å². The zero-order chi connectivity index (χ0) is 17.9. The van der Waals surface area contributed by atoms with Crippen molar-refractivity contribution in [3.63, 3.8) is 0 Å². The van der Waals surface area contributed by atoms with Gasteiger partial charge in [0.25, 0.3) is 5.69 Å². The third-order valence-corrected chi connectivity index (χ3v) is 5.73. The van der Waals surface area contributed by atoms with Gasteiger partial charge in [-0.2, -0.15) is 4.31 Å². The Morgan fingerprint density at radius 1 is 1.12 bits per heavy atom. The minimum atomic E-state index is -4.01. The summed E-state index contributed by atoms with van der Waals surface area (Å²) >= 11 is 5.74. The van der Waals surface area contributed by atoms with Crippen LogP contribution in [-0.4, -0.2) is 24.7 Å². The molecule has 0 aliphatic carbocycles. The van der Waals surface area contributed by atoms with Gasteiger partial charge >= 0.3 is 0 Å². The SMILES string of the molecule is CCc1ccc(CN(C)S(=O)(=O)c2ccc(Cl)cc2[N+](=O)[O-])cc1. The molecule has 0 aliphatic heterocycles. The highest BCUT2D eigenvalue weighted by Crippen LogP contribution is 2.29. The summed E-state index contributed by atoms with van der Waals surface area (Å²) in [6.45, 7) is 2.15. The Morgan fingerprint density at radius 3 is 2.25 bits per heavy atom. The average molecular weight is 369 g/mol. The first-order chi connectivity index (χ1) is 11.3. The number of nitrogens with zero attached hydrogens (tertiary/aromatic N) is 2. The van der Waals surface area contributed by atoms with Gasteiger partial charge in [0.15, 0.2) is 4.90 Å². The Bertz CT molecular complexity index is 851. The quantitative estimate of drug-likeness (QED) is 0.576. The van der Waals surface area contributed by atoms with Gasteiger partial charge in [-0.3, -0.25) is 10.1 Å². The average Bonchev–Trinajstić information content (AvgIpc) is 2.55. The second-order valence-corrected chi connectivity index (χ2v) is 7.75. The van der Waals surface area contributed by atoms with Crippen LogP contribution >= 0.6 is 11.6 Å². The summed E-state index contributed by atoms with van der Waals surface area (Å²) in [4.78, 5) is 10.0. The maximum absolute atomic E-state index is 12.7. The van der Waals surface area contributed by atoms with Gasteiger partial charge in [0.05, 0.1) is 4.92 Å². The van der Waals surface area contributed by atoms with E-state index in [0.29, 0.717) is 0 Å². The van der Waals surface area contributed by atoms with E-state index in [0.717, 1.165) is 34.0 Å². The molecule has 0 saturated carbocycles. The molecule has 24 heavy (non-hydrogen) atoms. The predicted octanol–water partition coefficient (Wildman–Crippen LogP) is 3.63. The Kier molecular flexibility index (Phi) is 5.58. The number of nitro groups is 1. The van der Waals surface area contributed by atoms with Crippen LogP contribution in [0.1, 0.15) is 18.1 Å². The molecular weight excluding hydrogens is 352 g/mol. The summed E-state index contributed by atoms with van der Waals surface area (Å²) in [6.07, 6.45) is 0.894. The van der Waals surface area contributed by atoms with Crippen LogP contribution in [0, 0.1) is 10.1 Å². The van der Waals surface area contributed by atoms with Gasteiger partial charge < -0.3 is 0 Å². The van der Waals surface area contributed by atoms with Crippen molar-refractivity contribution in [3.05, 3.63) is 68.7 Å². The summed E-state index contributed by atoms with van der Waals surface area (Å²) in [6, 6.07) is 11.1. The first-order valence-corrected chi connectivity index (χ1v) is 9.05. The lowest BCUT2D eigenvalue weighted by Crippen LogP contribution is -2.27. The van der Waals surface area contributed by atoms with Gasteiger partial charge in [0.1, 0.15) is 0 Å². The second-order valence-electron chi connectivity index (χ2n) is 5.30. The molecule has 0 saturated heterocycles. The van der Waals surface area contributed by atoms with E-state index in [-0.39, 0.29) is 16.5 Å². The third-order valence-electron chi connectivity index (χ3n) is 3.64. The Morgan fingerprint density at radius 2 is 1.71 bits per heavy atom. The van der Waals surface area contributed by atoms with Crippen molar-refractivity contribution < 1.29 is 13.3 Å². The number of nitro benzene ring substituents is 1. The molecule has 0 aromatic heterocycles. The molecule has 0 aliphatic rings.